The van der Waals surface area contributed by atoms with Gasteiger partial charge in [0.15, 0.2) is 0 Å². The number of imidazole rings is 1. The summed E-state index contributed by atoms with van der Waals surface area (Å²) < 4.78 is 7.40. The third kappa shape index (κ3) is 2.09. The number of benzene rings is 1. The van der Waals surface area contributed by atoms with Crippen molar-refractivity contribution in [3.63, 3.8) is 0 Å². The van der Waals surface area contributed by atoms with E-state index in [1.54, 1.807) is 14.0 Å². The number of fused-ring (bicyclic) bond motifs is 1. The Morgan fingerprint density at radius 3 is 2.79 bits per heavy atom. The number of aliphatic hydroxyl groups excluding tert-OH is 1. The molecule has 0 radical (unpaired) electrons. The predicted molar refractivity (Wildman–Crippen MR) is 73.2 cm³/mol. The third-order valence-electron chi connectivity index (χ3n) is 3.65. The second-order valence-electron chi connectivity index (χ2n) is 5.19. The summed E-state index contributed by atoms with van der Waals surface area (Å²) in [6.07, 6.45) is 1.69. The number of ether oxygens (including phenoxy) is 1. The maximum Gasteiger partial charge on any atom is 0.129 e. The van der Waals surface area contributed by atoms with Gasteiger partial charge < -0.3 is 20.1 Å². The lowest BCUT2D eigenvalue weighted by atomic mass is 10.2. The maximum atomic E-state index is 9.72. The van der Waals surface area contributed by atoms with Crippen LogP contribution in [0.4, 0.5) is 0 Å². The maximum absolute atomic E-state index is 9.72. The van der Waals surface area contributed by atoms with Crippen LogP contribution in [0.1, 0.15) is 37.7 Å². The molecule has 102 valence electrons. The number of hydrogen-bond acceptors (Lipinski definition) is 4. The number of nitrogens with zero attached hydrogens (tertiary/aromatic N) is 2. The zero-order valence-electron chi connectivity index (χ0n) is 11.2. The molecular weight excluding hydrogens is 242 g/mol. The minimum atomic E-state index is -0.615. The van der Waals surface area contributed by atoms with Crippen LogP contribution in [0, 0.1) is 0 Å². The Labute approximate surface area is 112 Å². The number of methoxy groups -OCH3 is 1. The first kappa shape index (κ1) is 12.4. The summed E-state index contributed by atoms with van der Waals surface area (Å²) in [4.78, 5) is 4.60. The SMILES string of the molecule is COc1ccc2c(c1)nc(C(N)C(C)O)n2C1CC1. The van der Waals surface area contributed by atoms with Gasteiger partial charge in [0.05, 0.1) is 30.3 Å². The number of aliphatic hydroxyl groups is 1. The van der Waals surface area contributed by atoms with Crippen LogP contribution in [0.5, 0.6) is 5.75 Å². The summed E-state index contributed by atoms with van der Waals surface area (Å²) in [5, 5.41) is 9.72. The van der Waals surface area contributed by atoms with Crippen molar-refractivity contribution in [1.82, 2.24) is 9.55 Å². The van der Waals surface area contributed by atoms with Crippen LogP contribution in [-0.2, 0) is 0 Å². The molecule has 0 spiro atoms. The predicted octanol–water partition coefficient (Wildman–Crippen LogP) is 1.76. The molecule has 1 aromatic heterocycles. The summed E-state index contributed by atoms with van der Waals surface area (Å²) >= 11 is 0. The number of rotatable bonds is 4. The minimum Gasteiger partial charge on any atom is -0.497 e. The Balaban J connectivity index is 2.17. The van der Waals surface area contributed by atoms with E-state index in [9.17, 15) is 5.11 Å². The van der Waals surface area contributed by atoms with Crippen LogP contribution >= 0.6 is 0 Å². The lowest BCUT2D eigenvalue weighted by molar-refractivity contribution is 0.159. The fourth-order valence-electron chi connectivity index (χ4n) is 2.39. The van der Waals surface area contributed by atoms with Crippen molar-refractivity contribution in [2.75, 3.05) is 7.11 Å². The van der Waals surface area contributed by atoms with Crippen molar-refractivity contribution in [2.24, 2.45) is 5.73 Å². The van der Waals surface area contributed by atoms with Crippen molar-refractivity contribution < 1.29 is 9.84 Å². The average Bonchev–Trinajstić information content (AvgIpc) is 3.17. The quantitative estimate of drug-likeness (QED) is 0.879. The normalized spacial score (nSPS) is 18.5. The van der Waals surface area contributed by atoms with Crippen LogP contribution in [0.25, 0.3) is 11.0 Å². The van der Waals surface area contributed by atoms with Crippen molar-refractivity contribution in [1.29, 1.82) is 0 Å². The van der Waals surface area contributed by atoms with E-state index in [4.69, 9.17) is 10.5 Å². The van der Waals surface area contributed by atoms with E-state index >= 15 is 0 Å². The first-order valence-electron chi connectivity index (χ1n) is 6.61. The first-order chi connectivity index (χ1) is 9.11. The molecule has 3 N–H and O–H groups in total. The molecule has 0 amide bonds. The molecule has 1 heterocycles. The van der Waals surface area contributed by atoms with Gasteiger partial charge in [0.25, 0.3) is 0 Å². The molecule has 1 aliphatic rings. The van der Waals surface area contributed by atoms with E-state index < -0.39 is 12.1 Å². The Hall–Kier alpha value is -1.59. The van der Waals surface area contributed by atoms with Crippen LogP contribution < -0.4 is 10.5 Å². The van der Waals surface area contributed by atoms with Crippen LogP contribution in [-0.4, -0.2) is 27.9 Å². The van der Waals surface area contributed by atoms with Gasteiger partial charge >= 0.3 is 0 Å². The van der Waals surface area contributed by atoms with Gasteiger partial charge in [-0.15, -0.1) is 0 Å². The fourth-order valence-corrected chi connectivity index (χ4v) is 2.39. The number of aromatic nitrogens is 2. The van der Waals surface area contributed by atoms with E-state index in [-0.39, 0.29) is 0 Å². The second-order valence-corrected chi connectivity index (χ2v) is 5.19. The largest absolute Gasteiger partial charge is 0.497 e. The zero-order chi connectivity index (χ0) is 13.6. The van der Waals surface area contributed by atoms with E-state index in [1.807, 2.05) is 18.2 Å². The van der Waals surface area contributed by atoms with Crippen LogP contribution in [0.2, 0.25) is 0 Å². The molecule has 2 unspecified atom stereocenters. The number of nitrogens with two attached hydrogens (primary N) is 1. The van der Waals surface area contributed by atoms with E-state index in [2.05, 4.69) is 9.55 Å². The fraction of sp³-hybridized carbons (Fsp3) is 0.500. The lowest BCUT2D eigenvalue weighted by Gasteiger charge is -2.16. The molecule has 19 heavy (non-hydrogen) atoms. The summed E-state index contributed by atoms with van der Waals surface area (Å²) in [5.74, 6) is 1.55. The summed E-state index contributed by atoms with van der Waals surface area (Å²) in [6, 6.07) is 5.86. The Bertz CT molecular complexity index is 602. The van der Waals surface area contributed by atoms with E-state index in [0.29, 0.717) is 6.04 Å². The van der Waals surface area contributed by atoms with Crippen molar-refractivity contribution in [3.8, 4) is 5.75 Å². The zero-order valence-corrected chi connectivity index (χ0v) is 11.2. The molecular formula is C14H19N3O2. The molecule has 5 nitrogen and oxygen atoms in total. The van der Waals surface area contributed by atoms with Crippen molar-refractivity contribution in [3.05, 3.63) is 24.0 Å². The average molecular weight is 261 g/mol. The molecule has 0 saturated heterocycles. The lowest BCUT2D eigenvalue weighted by Crippen LogP contribution is -2.26. The van der Waals surface area contributed by atoms with Gasteiger partial charge in [-0.2, -0.15) is 0 Å². The highest BCUT2D eigenvalue weighted by Gasteiger charge is 2.31. The molecule has 1 saturated carbocycles. The highest BCUT2D eigenvalue weighted by atomic mass is 16.5. The van der Waals surface area contributed by atoms with E-state index in [0.717, 1.165) is 35.4 Å². The summed E-state index contributed by atoms with van der Waals surface area (Å²) in [5.41, 5.74) is 8.01. The summed E-state index contributed by atoms with van der Waals surface area (Å²) in [7, 11) is 1.64. The Morgan fingerprint density at radius 2 is 2.21 bits per heavy atom. The van der Waals surface area contributed by atoms with Gasteiger partial charge in [-0.25, -0.2) is 4.98 Å². The molecule has 0 aliphatic heterocycles. The number of hydrogen-bond donors (Lipinski definition) is 2. The molecule has 1 fully saturated rings. The Morgan fingerprint density at radius 1 is 1.47 bits per heavy atom. The highest BCUT2D eigenvalue weighted by molar-refractivity contribution is 5.78. The molecule has 0 bridgehead atoms. The second kappa shape index (κ2) is 4.51. The van der Waals surface area contributed by atoms with E-state index in [1.165, 1.54) is 0 Å². The van der Waals surface area contributed by atoms with Gasteiger partial charge in [0.2, 0.25) is 0 Å². The highest BCUT2D eigenvalue weighted by Crippen LogP contribution is 2.40. The first-order valence-corrected chi connectivity index (χ1v) is 6.61. The van der Waals surface area contributed by atoms with Crippen molar-refractivity contribution >= 4 is 11.0 Å². The van der Waals surface area contributed by atoms with Crippen LogP contribution in [0.15, 0.2) is 18.2 Å². The summed E-state index contributed by atoms with van der Waals surface area (Å²) in [6.45, 7) is 1.70. The van der Waals surface area contributed by atoms with Gasteiger partial charge in [-0.05, 0) is 31.9 Å². The van der Waals surface area contributed by atoms with Gasteiger partial charge in [0, 0.05) is 12.1 Å². The van der Waals surface area contributed by atoms with Gasteiger partial charge in [0.1, 0.15) is 11.6 Å². The van der Waals surface area contributed by atoms with Crippen molar-refractivity contribution in [2.45, 2.75) is 38.0 Å². The monoisotopic (exact) mass is 261 g/mol. The minimum absolute atomic E-state index is 0.459. The molecule has 2 atom stereocenters. The van der Waals surface area contributed by atoms with Crippen LogP contribution in [0.3, 0.4) is 0 Å². The van der Waals surface area contributed by atoms with Gasteiger partial charge in [-0.1, -0.05) is 0 Å². The standard InChI is InChI=1S/C14H19N3O2/c1-8(18)13(15)14-16-11-7-10(19-2)5-6-12(11)17(14)9-3-4-9/h5-9,13,18H,3-4,15H2,1-2H3. The van der Waals surface area contributed by atoms with Gasteiger partial charge in [-0.3, -0.25) is 0 Å². The third-order valence-corrected chi connectivity index (χ3v) is 3.65. The molecule has 3 rings (SSSR count). The topological polar surface area (TPSA) is 73.3 Å². The molecule has 1 aromatic carbocycles. The Kier molecular flexibility index (Phi) is 2.95. The molecule has 5 heteroatoms. The molecule has 1 aliphatic carbocycles. The molecule has 2 aromatic rings. The smallest absolute Gasteiger partial charge is 0.129 e.